The number of nitrogens with two attached hydrogens (primary N) is 2. The van der Waals surface area contributed by atoms with E-state index in [1.807, 2.05) is 0 Å². The largest absolute Gasteiger partial charge is 0.394 e. The third kappa shape index (κ3) is 1.99. The highest BCUT2D eigenvalue weighted by molar-refractivity contribution is 5.35. The third-order valence-corrected chi connectivity index (χ3v) is 3.02. The maximum absolute atomic E-state index is 11.8. The summed E-state index contributed by atoms with van der Waals surface area (Å²) in [4.78, 5) is 15.4. The lowest BCUT2D eigenvalue weighted by molar-refractivity contribution is -0.115. The summed E-state index contributed by atoms with van der Waals surface area (Å²) in [6.07, 6.45) is -0.343. The van der Waals surface area contributed by atoms with Gasteiger partial charge in [-0.15, -0.1) is 0 Å². The standard InChI is InChI=1S/C10H16N4O4/c1-5-3-14(9(17)13-8(5)11)10(12)2-6(16)7(4-15)18-10/h3,6-7,15-16H,2,4,12H2,1H3,(H2,11,13,17)/t6-,7+,10-/m0/s1. The second-order valence-corrected chi connectivity index (χ2v) is 4.42. The van der Waals surface area contributed by atoms with E-state index in [2.05, 4.69) is 4.98 Å². The van der Waals surface area contributed by atoms with E-state index in [0.717, 1.165) is 4.57 Å². The van der Waals surface area contributed by atoms with E-state index >= 15 is 0 Å². The molecular weight excluding hydrogens is 240 g/mol. The summed E-state index contributed by atoms with van der Waals surface area (Å²) < 4.78 is 6.41. The minimum atomic E-state index is -1.52. The van der Waals surface area contributed by atoms with Crippen molar-refractivity contribution >= 4 is 5.82 Å². The van der Waals surface area contributed by atoms with Crippen LogP contribution in [0.15, 0.2) is 11.0 Å². The monoisotopic (exact) mass is 256 g/mol. The van der Waals surface area contributed by atoms with Crippen molar-refractivity contribution in [1.82, 2.24) is 9.55 Å². The molecule has 1 saturated heterocycles. The van der Waals surface area contributed by atoms with Crippen molar-refractivity contribution in [3.8, 4) is 0 Å². The van der Waals surface area contributed by atoms with Crippen LogP contribution in [0.3, 0.4) is 0 Å². The maximum Gasteiger partial charge on any atom is 0.352 e. The topological polar surface area (TPSA) is 137 Å². The van der Waals surface area contributed by atoms with Crippen LogP contribution >= 0.6 is 0 Å². The molecule has 0 aliphatic carbocycles. The Hall–Kier alpha value is -1.48. The summed E-state index contributed by atoms with van der Waals surface area (Å²) in [7, 11) is 0. The SMILES string of the molecule is Cc1cn([C@@]2(N)C[C@H](O)[C@@H](CO)O2)c(=O)nc1N. The highest BCUT2D eigenvalue weighted by atomic mass is 16.6. The summed E-state index contributed by atoms with van der Waals surface area (Å²) in [5.74, 6) is -1.40. The van der Waals surface area contributed by atoms with E-state index in [-0.39, 0.29) is 18.8 Å². The minimum Gasteiger partial charge on any atom is -0.394 e. The Morgan fingerprint density at radius 2 is 2.39 bits per heavy atom. The number of nitrogen functional groups attached to an aromatic ring is 1. The lowest BCUT2D eigenvalue weighted by atomic mass is 10.1. The summed E-state index contributed by atoms with van der Waals surface area (Å²) >= 11 is 0. The molecule has 8 nitrogen and oxygen atoms in total. The molecule has 18 heavy (non-hydrogen) atoms. The fourth-order valence-electron chi connectivity index (χ4n) is 1.97. The molecule has 1 aliphatic rings. The number of aryl methyl sites for hydroxylation is 1. The van der Waals surface area contributed by atoms with Crippen molar-refractivity contribution in [3.05, 3.63) is 22.2 Å². The van der Waals surface area contributed by atoms with Gasteiger partial charge in [0.05, 0.1) is 12.7 Å². The Morgan fingerprint density at radius 3 is 2.94 bits per heavy atom. The van der Waals surface area contributed by atoms with E-state index in [0.29, 0.717) is 5.56 Å². The lowest BCUT2D eigenvalue weighted by Crippen LogP contribution is -2.49. The second kappa shape index (κ2) is 4.32. The molecule has 1 aromatic rings. The fraction of sp³-hybridized carbons (Fsp3) is 0.600. The number of anilines is 1. The Bertz CT molecular complexity index is 517. The van der Waals surface area contributed by atoms with Crippen molar-refractivity contribution in [2.24, 2.45) is 5.73 Å². The first-order valence-electron chi connectivity index (χ1n) is 5.49. The maximum atomic E-state index is 11.8. The van der Waals surface area contributed by atoms with Gasteiger partial charge in [0.1, 0.15) is 11.9 Å². The van der Waals surface area contributed by atoms with Crippen molar-refractivity contribution in [2.45, 2.75) is 31.4 Å². The molecule has 0 saturated carbocycles. The zero-order valence-electron chi connectivity index (χ0n) is 9.91. The lowest BCUT2D eigenvalue weighted by Gasteiger charge is -2.26. The first kappa shape index (κ1) is 13.0. The van der Waals surface area contributed by atoms with Gasteiger partial charge in [-0.05, 0) is 6.92 Å². The van der Waals surface area contributed by atoms with E-state index in [4.69, 9.17) is 21.3 Å². The van der Waals surface area contributed by atoms with Crippen LogP contribution in [0.5, 0.6) is 0 Å². The highest BCUT2D eigenvalue weighted by Crippen LogP contribution is 2.29. The molecule has 0 bridgehead atoms. The van der Waals surface area contributed by atoms with Gasteiger partial charge in [-0.3, -0.25) is 10.3 Å². The van der Waals surface area contributed by atoms with Crippen LogP contribution in [-0.2, 0) is 10.6 Å². The van der Waals surface area contributed by atoms with Crippen molar-refractivity contribution in [1.29, 1.82) is 0 Å². The first-order valence-corrected chi connectivity index (χ1v) is 5.49. The van der Waals surface area contributed by atoms with Gasteiger partial charge in [0.25, 0.3) is 0 Å². The molecular formula is C10H16N4O4. The molecule has 0 unspecified atom stereocenters. The number of aliphatic hydroxyl groups excluding tert-OH is 2. The third-order valence-electron chi connectivity index (χ3n) is 3.02. The molecule has 1 aromatic heterocycles. The van der Waals surface area contributed by atoms with E-state index in [1.54, 1.807) is 6.92 Å². The molecule has 1 aliphatic heterocycles. The molecule has 8 heteroatoms. The minimum absolute atomic E-state index is 0.0107. The van der Waals surface area contributed by atoms with Gasteiger partial charge in [0, 0.05) is 18.2 Å². The number of hydrogen-bond donors (Lipinski definition) is 4. The average Bonchev–Trinajstić information content (AvgIpc) is 2.59. The van der Waals surface area contributed by atoms with Crippen molar-refractivity contribution in [2.75, 3.05) is 12.3 Å². The number of hydrogen-bond acceptors (Lipinski definition) is 7. The molecule has 0 amide bonds. The Kier molecular flexibility index (Phi) is 3.11. The van der Waals surface area contributed by atoms with Gasteiger partial charge in [0.15, 0.2) is 0 Å². The number of nitrogens with zero attached hydrogens (tertiary/aromatic N) is 2. The quantitative estimate of drug-likeness (QED) is 0.473. The summed E-state index contributed by atoms with van der Waals surface area (Å²) in [6.45, 7) is 1.30. The summed E-state index contributed by atoms with van der Waals surface area (Å²) in [5.41, 5.74) is 11.4. The van der Waals surface area contributed by atoms with E-state index in [1.165, 1.54) is 6.20 Å². The normalized spacial score (nSPS) is 31.8. The smallest absolute Gasteiger partial charge is 0.352 e. The van der Waals surface area contributed by atoms with E-state index in [9.17, 15) is 9.90 Å². The zero-order valence-corrected chi connectivity index (χ0v) is 9.91. The summed E-state index contributed by atoms with van der Waals surface area (Å²) in [6, 6.07) is 0. The van der Waals surface area contributed by atoms with Gasteiger partial charge >= 0.3 is 5.69 Å². The van der Waals surface area contributed by atoms with E-state index < -0.39 is 23.7 Å². The number of rotatable bonds is 2. The molecule has 1 fully saturated rings. The fourth-order valence-corrected chi connectivity index (χ4v) is 1.97. The van der Waals surface area contributed by atoms with Gasteiger partial charge < -0.3 is 20.7 Å². The molecule has 100 valence electrons. The number of ether oxygens (including phenoxy) is 1. The van der Waals surface area contributed by atoms with Crippen molar-refractivity contribution < 1.29 is 14.9 Å². The number of aliphatic hydroxyl groups is 2. The second-order valence-electron chi connectivity index (χ2n) is 4.42. The van der Waals surface area contributed by atoms with Crippen LogP contribution in [0, 0.1) is 6.92 Å². The first-order chi connectivity index (χ1) is 8.37. The Balaban J connectivity index is 2.43. The van der Waals surface area contributed by atoms with Crippen LogP contribution in [0.2, 0.25) is 0 Å². The average molecular weight is 256 g/mol. The number of aromatic nitrogens is 2. The predicted molar refractivity (Wildman–Crippen MR) is 62.4 cm³/mol. The van der Waals surface area contributed by atoms with Crippen LogP contribution < -0.4 is 17.2 Å². The molecule has 2 rings (SSSR count). The zero-order chi connectivity index (χ0) is 13.5. The van der Waals surface area contributed by atoms with Crippen LogP contribution in [0.4, 0.5) is 5.82 Å². The van der Waals surface area contributed by atoms with Gasteiger partial charge in [-0.2, -0.15) is 4.98 Å². The molecule has 6 N–H and O–H groups in total. The molecule has 3 atom stereocenters. The van der Waals surface area contributed by atoms with Crippen LogP contribution in [0.25, 0.3) is 0 Å². The molecule has 0 radical (unpaired) electrons. The van der Waals surface area contributed by atoms with Gasteiger partial charge in [-0.1, -0.05) is 0 Å². The molecule has 0 aromatic carbocycles. The highest BCUT2D eigenvalue weighted by Gasteiger charge is 2.45. The van der Waals surface area contributed by atoms with Crippen LogP contribution in [-0.4, -0.2) is 38.6 Å². The van der Waals surface area contributed by atoms with Gasteiger partial charge in [-0.25, -0.2) is 4.79 Å². The summed E-state index contributed by atoms with van der Waals surface area (Å²) in [5, 5.41) is 18.7. The Morgan fingerprint density at radius 1 is 1.72 bits per heavy atom. The van der Waals surface area contributed by atoms with Crippen LogP contribution in [0.1, 0.15) is 12.0 Å². The molecule has 2 heterocycles. The Labute approximate surface area is 103 Å². The molecule has 0 spiro atoms. The predicted octanol–water partition coefficient (Wildman–Crippen LogP) is -2.15. The van der Waals surface area contributed by atoms with Gasteiger partial charge in [0.2, 0.25) is 5.85 Å². The van der Waals surface area contributed by atoms with Crippen molar-refractivity contribution in [3.63, 3.8) is 0 Å².